The van der Waals surface area contributed by atoms with E-state index in [1.165, 1.54) is 10.9 Å². The third-order valence-electron chi connectivity index (χ3n) is 3.67. The number of nitrogens with zero attached hydrogens (tertiary/aromatic N) is 3. The molecule has 104 valence electrons. The summed E-state index contributed by atoms with van der Waals surface area (Å²) >= 11 is 0. The van der Waals surface area contributed by atoms with Gasteiger partial charge in [-0.1, -0.05) is 37.3 Å². The quantitative estimate of drug-likeness (QED) is 0.492. The lowest BCUT2D eigenvalue weighted by molar-refractivity contribution is -0.631. The SMILES string of the molecule is CCc1ccc(N=Nc2ccc3ccccc3[n+]2C)cc1. The van der Waals surface area contributed by atoms with Crippen LogP contribution in [0.3, 0.4) is 0 Å². The highest BCUT2D eigenvalue weighted by Gasteiger charge is 2.09. The van der Waals surface area contributed by atoms with Crippen molar-refractivity contribution in [2.24, 2.45) is 17.3 Å². The van der Waals surface area contributed by atoms with Gasteiger partial charge >= 0.3 is 5.82 Å². The fourth-order valence-electron chi connectivity index (χ4n) is 2.34. The van der Waals surface area contributed by atoms with E-state index in [1.807, 2.05) is 37.4 Å². The molecule has 0 fully saturated rings. The summed E-state index contributed by atoms with van der Waals surface area (Å²) in [6, 6.07) is 20.5. The molecule has 2 aromatic carbocycles. The topological polar surface area (TPSA) is 28.6 Å². The molecule has 0 saturated heterocycles. The van der Waals surface area contributed by atoms with Gasteiger partial charge in [0.1, 0.15) is 11.2 Å². The number of pyridine rings is 1. The number of aromatic nitrogens is 1. The van der Waals surface area contributed by atoms with Crippen molar-refractivity contribution in [3.05, 3.63) is 66.2 Å². The minimum atomic E-state index is 0.841. The number of para-hydroxylation sites is 1. The lowest BCUT2D eigenvalue weighted by Gasteiger charge is -1.99. The molecule has 3 heteroatoms. The Kier molecular flexibility index (Phi) is 3.73. The second-order valence-corrected chi connectivity index (χ2v) is 5.03. The van der Waals surface area contributed by atoms with E-state index < -0.39 is 0 Å². The van der Waals surface area contributed by atoms with E-state index in [0.29, 0.717) is 0 Å². The summed E-state index contributed by atoms with van der Waals surface area (Å²) in [5.41, 5.74) is 3.33. The second-order valence-electron chi connectivity index (χ2n) is 5.03. The van der Waals surface area contributed by atoms with Gasteiger partial charge in [-0.3, -0.25) is 0 Å². The molecular weight excluding hydrogens is 258 g/mol. The maximum Gasteiger partial charge on any atom is 0.350 e. The Labute approximate surface area is 124 Å². The van der Waals surface area contributed by atoms with Crippen LogP contribution in [0.4, 0.5) is 11.5 Å². The Morgan fingerprint density at radius 1 is 0.857 bits per heavy atom. The lowest BCUT2D eigenvalue weighted by Crippen LogP contribution is -2.28. The molecule has 3 aromatic rings. The highest BCUT2D eigenvalue weighted by Crippen LogP contribution is 2.18. The van der Waals surface area contributed by atoms with Crippen molar-refractivity contribution in [1.29, 1.82) is 0 Å². The summed E-state index contributed by atoms with van der Waals surface area (Å²) < 4.78 is 2.05. The summed E-state index contributed by atoms with van der Waals surface area (Å²) in [6.07, 6.45) is 1.04. The van der Waals surface area contributed by atoms with E-state index in [2.05, 4.69) is 52.1 Å². The van der Waals surface area contributed by atoms with Gasteiger partial charge in [-0.15, -0.1) is 0 Å². The van der Waals surface area contributed by atoms with Crippen molar-refractivity contribution in [2.75, 3.05) is 0 Å². The number of aryl methyl sites for hydroxylation is 2. The normalized spacial score (nSPS) is 11.3. The summed E-state index contributed by atoms with van der Waals surface area (Å²) in [5.74, 6) is 0.841. The average molecular weight is 276 g/mol. The molecular formula is C18H18N3+. The van der Waals surface area contributed by atoms with E-state index >= 15 is 0 Å². The average Bonchev–Trinajstić information content (AvgIpc) is 2.55. The number of fused-ring (bicyclic) bond motifs is 1. The number of benzene rings is 2. The van der Waals surface area contributed by atoms with Crippen molar-refractivity contribution in [1.82, 2.24) is 0 Å². The minimum absolute atomic E-state index is 0.841. The van der Waals surface area contributed by atoms with Gasteiger partial charge in [0, 0.05) is 11.5 Å². The first-order valence-corrected chi connectivity index (χ1v) is 7.16. The van der Waals surface area contributed by atoms with Crippen LogP contribution >= 0.6 is 0 Å². The van der Waals surface area contributed by atoms with Crippen molar-refractivity contribution in [3.8, 4) is 0 Å². The van der Waals surface area contributed by atoms with Crippen LogP contribution in [0.2, 0.25) is 0 Å². The minimum Gasteiger partial charge on any atom is -0.224 e. The molecule has 0 spiro atoms. The smallest absolute Gasteiger partial charge is 0.224 e. The highest BCUT2D eigenvalue weighted by atomic mass is 15.2. The zero-order valence-corrected chi connectivity index (χ0v) is 12.3. The predicted octanol–water partition coefficient (Wildman–Crippen LogP) is 4.64. The van der Waals surface area contributed by atoms with E-state index in [9.17, 15) is 0 Å². The Morgan fingerprint density at radius 3 is 2.38 bits per heavy atom. The monoisotopic (exact) mass is 276 g/mol. The molecule has 0 aliphatic carbocycles. The molecule has 3 rings (SSSR count). The van der Waals surface area contributed by atoms with Crippen molar-refractivity contribution in [3.63, 3.8) is 0 Å². The fourth-order valence-corrected chi connectivity index (χ4v) is 2.34. The van der Waals surface area contributed by atoms with E-state index in [1.54, 1.807) is 0 Å². The number of hydrogen-bond acceptors (Lipinski definition) is 2. The Balaban J connectivity index is 1.93. The molecule has 0 unspecified atom stereocenters. The predicted molar refractivity (Wildman–Crippen MR) is 85.1 cm³/mol. The molecule has 0 saturated carbocycles. The molecule has 3 nitrogen and oxygen atoms in total. The Hall–Kier alpha value is -2.55. The number of hydrogen-bond donors (Lipinski definition) is 0. The van der Waals surface area contributed by atoms with Crippen molar-refractivity contribution in [2.45, 2.75) is 13.3 Å². The molecule has 21 heavy (non-hydrogen) atoms. The van der Waals surface area contributed by atoms with Crippen LogP contribution in [0.1, 0.15) is 12.5 Å². The molecule has 1 aromatic heterocycles. The third-order valence-corrected chi connectivity index (χ3v) is 3.67. The van der Waals surface area contributed by atoms with Crippen LogP contribution in [0, 0.1) is 0 Å². The zero-order valence-electron chi connectivity index (χ0n) is 12.3. The molecule has 0 amide bonds. The summed E-state index contributed by atoms with van der Waals surface area (Å²) in [7, 11) is 2.01. The van der Waals surface area contributed by atoms with Crippen LogP contribution in [-0.2, 0) is 13.5 Å². The van der Waals surface area contributed by atoms with Gasteiger partial charge in [0.25, 0.3) is 0 Å². The Bertz CT molecular complexity index is 789. The summed E-state index contributed by atoms with van der Waals surface area (Å²) in [4.78, 5) is 0. The maximum atomic E-state index is 4.37. The van der Waals surface area contributed by atoms with Crippen LogP contribution in [0.15, 0.2) is 70.9 Å². The van der Waals surface area contributed by atoms with Gasteiger partial charge in [0.2, 0.25) is 0 Å². The van der Waals surface area contributed by atoms with Crippen molar-refractivity contribution < 1.29 is 4.57 Å². The van der Waals surface area contributed by atoms with Crippen molar-refractivity contribution >= 4 is 22.4 Å². The molecule has 0 aliphatic heterocycles. The molecule has 0 radical (unpaired) electrons. The van der Waals surface area contributed by atoms with Crippen LogP contribution < -0.4 is 4.57 Å². The maximum absolute atomic E-state index is 4.37. The first-order valence-electron chi connectivity index (χ1n) is 7.16. The molecule has 0 atom stereocenters. The van der Waals surface area contributed by atoms with E-state index in [4.69, 9.17) is 0 Å². The van der Waals surface area contributed by atoms with Gasteiger partial charge < -0.3 is 0 Å². The lowest BCUT2D eigenvalue weighted by atomic mass is 10.2. The molecule has 0 N–H and O–H groups in total. The van der Waals surface area contributed by atoms with Crippen LogP contribution in [0.25, 0.3) is 10.9 Å². The first-order chi connectivity index (χ1) is 10.3. The van der Waals surface area contributed by atoms with Crippen LogP contribution in [0.5, 0.6) is 0 Å². The third kappa shape index (κ3) is 2.82. The first kappa shape index (κ1) is 13.4. The molecule has 0 bridgehead atoms. The molecule has 0 aliphatic rings. The second kappa shape index (κ2) is 5.83. The Morgan fingerprint density at radius 2 is 1.62 bits per heavy atom. The van der Waals surface area contributed by atoms with E-state index in [-0.39, 0.29) is 0 Å². The number of rotatable bonds is 3. The van der Waals surface area contributed by atoms with Gasteiger partial charge in [0.15, 0.2) is 0 Å². The zero-order chi connectivity index (χ0) is 14.7. The van der Waals surface area contributed by atoms with Gasteiger partial charge in [-0.25, -0.2) is 4.57 Å². The van der Waals surface area contributed by atoms with Gasteiger partial charge in [-0.2, -0.15) is 0 Å². The highest BCUT2D eigenvalue weighted by molar-refractivity contribution is 5.76. The molecule has 1 heterocycles. The summed E-state index contributed by atoms with van der Waals surface area (Å²) in [5, 5.41) is 9.89. The fraction of sp³-hybridized carbons (Fsp3) is 0.167. The largest absolute Gasteiger partial charge is 0.350 e. The van der Waals surface area contributed by atoms with Crippen LogP contribution in [-0.4, -0.2) is 0 Å². The van der Waals surface area contributed by atoms with Gasteiger partial charge in [-0.05, 0) is 41.4 Å². The number of azo groups is 1. The standard InChI is InChI=1S/C18H18N3/c1-3-14-8-11-16(12-9-14)19-20-18-13-10-15-6-4-5-7-17(15)21(18)2/h4-13H,3H2,1-2H3/q+1. The summed E-state index contributed by atoms with van der Waals surface area (Å²) in [6.45, 7) is 2.14. The van der Waals surface area contributed by atoms with Gasteiger partial charge in [0.05, 0.1) is 12.2 Å². The van der Waals surface area contributed by atoms with E-state index in [0.717, 1.165) is 23.4 Å².